The van der Waals surface area contributed by atoms with Gasteiger partial charge in [0.2, 0.25) is 0 Å². The van der Waals surface area contributed by atoms with E-state index in [1.807, 2.05) is 37.3 Å². The number of fused-ring (bicyclic) bond motifs is 1. The minimum atomic E-state index is -3.72. The number of anilines is 1. The molecule has 0 saturated heterocycles. The molecule has 8 heteroatoms. The number of rotatable bonds is 8. The molecule has 6 nitrogen and oxygen atoms in total. The fourth-order valence-corrected chi connectivity index (χ4v) is 5.26. The summed E-state index contributed by atoms with van der Waals surface area (Å²) >= 11 is 1.67. The summed E-state index contributed by atoms with van der Waals surface area (Å²) in [5.41, 5.74) is 2.96. The molecular formula is C24H23N3O3S2. The number of hydrogen-bond donors (Lipinski definition) is 2. The van der Waals surface area contributed by atoms with Crippen LogP contribution >= 0.6 is 11.3 Å². The van der Waals surface area contributed by atoms with E-state index < -0.39 is 10.0 Å². The van der Waals surface area contributed by atoms with Gasteiger partial charge in [0, 0.05) is 24.2 Å². The van der Waals surface area contributed by atoms with E-state index >= 15 is 0 Å². The van der Waals surface area contributed by atoms with E-state index in [-0.39, 0.29) is 10.8 Å². The predicted octanol–water partition coefficient (Wildman–Crippen LogP) is 4.77. The van der Waals surface area contributed by atoms with E-state index in [4.69, 9.17) is 0 Å². The number of aromatic nitrogens is 1. The largest absolute Gasteiger partial charge is 0.352 e. The molecule has 1 amide bonds. The highest BCUT2D eigenvalue weighted by Gasteiger charge is 2.15. The Bertz CT molecular complexity index is 1300. The molecule has 4 aromatic rings. The topological polar surface area (TPSA) is 88.2 Å². The Balaban J connectivity index is 1.30. The van der Waals surface area contributed by atoms with E-state index in [1.165, 1.54) is 29.0 Å². The molecule has 0 saturated carbocycles. The first kappa shape index (κ1) is 22.0. The number of para-hydroxylation sites is 1. The molecule has 0 aliphatic carbocycles. The van der Waals surface area contributed by atoms with Crippen LogP contribution < -0.4 is 10.0 Å². The number of amides is 1. The second-order valence-electron chi connectivity index (χ2n) is 7.43. The van der Waals surface area contributed by atoms with Crippen molar-refractivity contribution in [2.45, 2.75) is 24.7 Å². The summed E-state index contributed by atoms with van der Waals surface area (Å²) in [6.45, 7) is 2.45. The molecule has 0 bridgehead atoms. The third kappa shape index (κ3) is 5.33. The maximum atomic E-state index is 12.6. The second-order valence-corrected chi connectivity index (χ2v) is 10.2. The van der Waals surface area contributed by atoms with Crippen LogP contribution in [0.3, 0.4) is 0 Å². The standard InChI is InChI=1S/C24H23N3O3S2/c1-17-8-12-19(13-9-17)27-32(29,30)20-14-10-18(11-15-20)24(28)25-16-4-7-23-26-21-5-2-3-6-22(21)31-23/h2-3,5-6,8-15,27H,4,7,16H2,1H3,(H,25,28). The minimum absolute atomic E-state index is 0.102. The monoisotopic (exact) mass is 465 g/mol. The van der Waals surface area contributed by atoms with Gasteiger partial charge in [-0.05, 0) is 61.9 Å². The van der Waals surface area contributed by atoms with Crippen molar-refractivity contribution in [1.82, 2.24) is 10.3 Å². The first-order chi connectivity index (χ1) is 15.4. The summed E-state index contributed by atoms with van der Waals surface area (Å²) in [4.78, 5) is 17.1. The Morgan fingerprint density at radius 2 is 1.69 bits per heavy atom. The van der Waals surface area contributed by atoms with E-state index in [9.17, 15) is 13.2 Å². The third-order valence-corrected chi connectivity index (χ3v) is 7.42. The van der Waals surface area contributed by atoms with Crippen molar-refractivity contribution < 1.29 is 13.2 Å². The molecule has 0 aliphatic rings. The van der Waals surface area contributed by atoms with Crippen LogP contribution in [0.5, 0.6) is 0 Å². The molecule has 0 radical (unpaired) electrons. The van der Waals surface area contributed by atoms with Crippen LogP contribution in [-0.4, -0.2) is 25.9 Å². The molecule has 0 aliphatic heterocycles. The number of thiazole rings is 1. The number of benzene rings is 3. The highest BCUT2D eigenvalue weighted by Crippen LogP contribution is 2.22. The lowest BCUT2D eigenvalue weighted by molar-refractivity contribution is 0.0953. The van der Waals surface area contributed by atoms with Crippen molar-refractivity contribution in [3.8, 4) is 0 Å². The van der Waals surface area contributed by atoms with Gasteiger partial charge in [-0.2, -0.15) is 0 Å². The highest BCUT2D eigenvalue weighted by atomic mass is 32.2. The summed E-state index contributed by atoms with van der Waals surface area (Å²) in [5, 5.41) is 3.93. The minimum Gasteiger partial charge on any atom is -0.352 e. The zero-order valence-electron chi connectivity index (χ0n) is 17.5. The van der Waals surface area contributed by atoms with Crippen LogP contribution in [0.4, 0.5) is 5.69 Å². The lowest BCUT2D eigenvalue weighted by Gasteiger charge is -2.09. The number of carbonyl (C=O) groups is 1. The summed E-state index contributed by atoms with van der Waals surface area (Å²) in [5.74, 6) is -0.232. The molecule has 2 N–H and O–H groups in total. The zero-order valence-corrected chi connectivity index (χ0v) is 19.2. The third-order valence-electron chi connectivity index (χ3n) is 4.92. The number of sulfonamides is 1. The fourth-order valence-electron chi connectivity index (χ4n) is 3.19. The molecule has 32 heavy (non-hydrogen) atoms. The molecule has 0 fully saturated rings. The van der Waals surface area contributed by atoms with Crippen molar-refractivity contribution in [2.75, 3.05) is 11.3 Å². The number of hydrogen-bond acceptors (Lipinski definition) is 5. The predicted molar refractivity (Wildman–Crippen MR) is 129 cm³/mol. The van der Waals surface area contributed by atoms with Gasteiger partial charge in [-0.1, -0.05) is 29.8 Å². The zero-order chi connectivity index (χ0) is 22.6. The van der Waals surface area contributed by atoms with Gasteiger partial charge in [-0.15, -0.1) is 11.3 Å². The number of nitrogens with zero attached hydrogens (tertiary/aromatic N) is 1. The Labute approximate surface area is 191 Å². The Morgan fingerprint density at radius 3 is 2.41 bits per heavy atom. The summed E-state index contributed by atoms with van der Waals surface area (Å²) in [6.07, 6.45) is 1.57. The van der Waals surface area contributed by atoms with Gasteiger partial charge >= 0.3 is 0 Å². The number of nitrogens with one attached hydrogen (secondary N) is 2. The van der Waals surface area contributed by atoms with Crippen LogP contribution in [0.2, 0.25) is 0 Å². The smallest absolute Gasteiger partial charge is 0.261 e. The van der Waals surface area contributed by atoms with E-state index in [0.717, 1.165) is 28.9 Å². The summed E-state index contributed by atoms with van der Waals surface area (Å²) in [6, 6.07) is 21.0. The van der Waals surface area contributed by atoms with Gasteiger partial charge in [-0.25, -0.2) is 13.4 Å². The van der Waals surface area contributed by atoms with Crippen molar-refractivity contribution in [2.24, 2.45) is 0 Å². The first-order valence-electron chi connectivity index (χ1n) is 10.2. The summed E-state index contributed by atoms with van der Waals surface area (Å²) in [7, 11) is -3.72. The van der Waals surface area contributed by atoms with Gasteiger partial charge in [-0.3, -0.25) is 9.52 Å². The molecule has 1 aromatic heterocycles. The summed E-state index contributed by atoms with van der Waals surface area (Å²) < 4.78 is 28.8. The van der Waals surface area contributed by atoms with E-state index in [1.54, 1.807) is 23.5 Å². The first-order valence-corrected chi connectivity index (χ1v) is 12.5. The van der Waals surface area contributed by atoms with Gasteiger partial charge in [0.1, 0.15) is 0 Å². The lowest BCUT2D eigenvalue weighted by Crippen LogP contribution is -2.24. The Kier molecular flexibility index (Phi) is 6.53. The number of carbonyl (C=O) groups excluding carboxylic acids is 1. The Morgan fingerprint density at radius 1 is 0.969 bits per heavy atom. The van der Waals surface area contributed by atoms with Crippen LogP contribution in [0, 0.1) is 6.92 Å². The van der Waals surface area contributed by atoms with Crippen LogP contribution in [0.1, 0.15) is 27.3 Å². The van der Waals surface area contributed by atoms with Crippen LogP contribution in [-0.2, 0) is 16.4 Å². The maximum Gasteiger partial charge on any atom is 0.261 e. The quantitative estimate of drug-likeness (QED) is 0.367. The average Bonchev–Trinajstić information content (AvgIpc) is 3.21. The van der Waals surface area contributed by atoms with Crippen molar-refractivity contribution in [3.05, 3.63) is 88.9 Å². The Hall–Kier alpha value is -3.23. The SMILES string of the molecule is Cc1ccc(NS(=O)(=O)c2ccc(C(=O)NCCCc3nc4ccccc4s3)cc2)cc1. The second kappa shape index (κ2) is 9.50. The van der Waals surface area contributed by atoms with Gasteiger partial charge in [0.05, 0.1) is 20.1 Å². The fraction of sp³-hybridized carbons (Fsp3) is 0.167. The van der Waals surface area contributed by atoms with Crippen LogP contribution in [0.25, 0.3) is 10.2 Å². The number of aryl methyl sites for hydroxylation is 2. The maximum absolute atomic E-state index is 12.6. The van der Waals surface area contributed by atoms with Crippen molar-refractivity contribution in [1.29, 1.82) is 0 Å². The van der Waals surface area contributed by atoms with Crippen LogP contribution in [0.15, 0.2) is 77.7 Å². The normalized spacial score (nSPS) is 11.4. The van der Waals surface area contributed by atoms with Gasteiger partial charge in [0.15, 0.2) is 0 Å². The molecule has 4 rings (SSSR count). The molecular weight excluding hydrogens is 442 g/mol. The average molecular weight is 466 g/mol. The van der Waals surface area contributed by atoms with Crippen molar-refractivity contribution >= 4 is 43.2 Å². The molecule has 0 atom stereocenters. The van der Waals surface area contributed by atoms with E-state index in [0.29, 0.717) is 17.8 Å². The molecule has 3 aromatic carbocycles. The lowest BCUT2D eigenvalue weighted by atomic mass is 10.2. The molecule has 0 spiro atoms. The van der Waals surface area contributed by atoms with Crippen molar-refractivity contribution in [3.63, 3.8) is 0 Å². The highest BCUT2D eigenvalue weighted by molar-refractivity contribution is 7.92. The molecule has 1 heterocycles. The molecule has 164 valence electrons. The molecule has 0 unspecified atom stereocenters. The van der Waals surface area contributed by atoms with Gasteiger partial charge in [0.25, 0.3) is 15.9 Å². The van der Waals surface area contributed by atoms with E-state index in [2.05, 4.69) is 21.1 Å². The van der Waals surface area contributed by atoms with Gasteiger partial charge < -0.3 is 5.32 Å².